The fourth-order valence-electron chi connectivity index (χ4n) is 3.54. The van der Waals surface area contributed by atoms with Gasteiger partial charge in [-0.15, -0.1) is 0 Å². The van der Waals surface area contributed by atoms with E-state index < -0.39 is 5.66 Å². The van der Waals surface area contributed by atoms with Gasteiger partial charge in [-0.2, -0.15) is 0 Å². The monoisotopic (exact) mass is 448 g/mol. The Morgan fingerprint density at radius 3 is 2.63 bits per heavy atom. The zero-order chi connectivity index (χ0) is 19.0. The maximum atomic E-state index is 12.5. The topological polar surface area (TPSA) is 73.5 Å². The highest BCUT2D eigenvalue weighted by atomic mass is 79.9. The Morgan fingerprint density at radius 1 is 1.15 bits per heavy atom. The van der Waals surface area contributed by atoms with Gasteiger partial charge < -0.3 is 20.9 Å². The Balaban J connectivity index is 1.43. The zero-order valence-electron chi connectivity index (χ0n) is 14.4. The van der Waals surface area contributed by atoms with Crippen LogP contribution in [0.5, 0.6) is 0 Å². The van der Waals surface area contributed by atoms with Crippen LogP contribution in [-0.2, 0) is 0 Å². The molecule has 1 fully saturated rings. The third-order valence-corrected chi connectivity index (χ3v) is 5.76. The first-order chi connectivity index (χ1) is 13.0. The van der Waals surface area contributed by atoms with Crippen LogP contribution < -0.4 is 16.0 Å². The molecule has 0 bridgehead atoms. The van der Waals surface area contributed by atoms with Crippen molar-refractivity contribution in [1.29, 1.82) is 0 Å². The van der Waals surface area contributed by atoms with Gasteiger partial charge in [0.25, 0.3) is 5.91 Å². The number of rotatable bonds is 1. The first-order valence-electron chi connectivity index (χ1n) is 8.66. The lowest BCUT2D eigenvalue weighted by atomic mass is 9.92. The van der Waals surface area contributed by atoms with E-state index in [0.717, 1.165) is 15.8 Å². The third kappa shape index (κ3) is 3.61. The lowest BCUT2D eigenvalue weighted by Crippen LogP contribution is -2.63. The molecule has 0 atom stereocenters. The predicted molar refractivity (Wildman–Crippen MR) is 109 cm³/mol. The number of carbonyl (C=O) groups excluding carboxylic acids is 2. The van der Waals surface area contributed by atoms with Gasteiger partial charge in [0.1, 0.15) is 5.66 Å². The van der Waals surface area contributed by atoms with Crippen molar-refractivity contribution < 1.29 is 9.59 Å². The molecule has 2 aromatic carbocycles. The molecule has 6 nitrogen and oxygen atoms in total. The SMILES string of the molecule is O=C1NC2(CCN(C(=O)Nc3cccc(Br)c3)CC2)Nc2cccc(Cl)c21. The number of benzene rings is 2. The van der Waals surface area contributed by atoms with E-state index in [2.05, 4.69) is 31.9 Å². The van der Waals surface area contributed by atoms with Gasteiger partial charge in [-0.1, -0.05) is 39.7 Å². The number of urea groups is 1. The Morgan fingerprint density at radius 2 is 1.89 bits per heavy atom. The number of nitrogens with zero attached hydrogens (tertiary/aromatic N) is 1. The molecule has 2 aliphatic rings. The van der Waals surface area contributed by atoms with E-state index in [1.165, 1.54) is 0 Å². The van der Waals surface area contributed by atoms with Crippen molar-refractivity contribution in [1.82, 2.24) is 10.2 Å². The number of amides is 3. The molecule has 0 radical (unpaired) electrons. The Labute approximate surface area is 170 Å². The Hall–Kier alpha value is -2.25. The van der Waals surface area contributed by atoms with Gasteiger partial charge >= 0.3 is 6.03 Å². The standard InChI is InChI=1S/C19H18BrClN4O2/c20-12-3-1-4-13(11-12)22-18(27)25-9-7-19(8-10-25)23-15-6-2-5-14(21)16(15)17(26)24-19/h1-6,11,23H,7-10H2,(H,22,27)(H,24,26). The van der Waals surface area contributed by atoms with Gasteiger partial charge in [0.05, 0.1) is 16.3 Å². The maximum absolute atomic E-state index is 12.5. The minimum atomic E-state index is -0.554. The quantitative estimate of drug-likeness (QED) is 0.608. The number of piperidine rings is 1. The van der Waals surface area contributed by atoms with E-state index in [1.54, 1.807) is 11.0 Å². The highest BCUT2D eigenvalue weighted by molar-refractivity contribution is 9.10. The van der Waals surface area contributed by atoms with Gasteiger partial charge in [0, 0.05) is 36.1 Å². The van der Waals surface area contributed by atoms with Crippen molar-refractivity contribution >= 4 is 50.8 Å². The molecule has 1 spiro atoms. The van der Waals surface area contributed by atoms with Crippen LogP contribution in [0.1, 0.15) is 23.2 Å². The molecule has 4 rings (SSSR count). The number of hydrogen-bond acceptors (Lipinski definition) is 3. The predicted octanol–water partition coefficient (Wildman–Crippen LogP) is 4.28. The Kier molecular flexibility index (Phi) is 4.74. The number of nitrogens with one attached hydrogen (secondary N) is 3. The third-order valence-electron chi connectivity index (χ3n) is 4.95. The van der Waals surface area contributed by atoms with Gasteiger partial charge in [-0.25, -0.2) is 4.79 Å². The summed E-state index contributed by atoms with van der Waals surface area (Å²) in [5, 5.41) is 9.80. The lowest BCUT2D eigenvalue weighted by Gasteiger charge is -2.45. The molecule has 2 aliphatic heterocycles. The number of likely N-dealkylation sites (tertiary alicyclic amines) is 1. The summed E-state index contributed by atoms with van der Waals surface area (Å²) in [6.45, 7) is 1.06. The second kappa shape index (κ2) is 7.05. The minimum Gasteiger partial charge on any atom is -0.362 e. The van der Waals surface area contributed by atoms with Crippen molar-refractivity contribution in [2.45, 2.75) is 18.5 Å². The number of halogens is 2. The highest BCUT2D eigenvalue weighted by Gasteiger charge is 2.41. The normalized spacial score (nSPS) is 17.7. The molecule has 3 N–H and O–H groups in total. The van der Waals surface area contributed by atoms with E-state index in [9.17, 15) is 9.59 Å². The lowest BCUT2D eigenvalue weighted by molar-refractivity contribution is 0.0852. The molecular formula is C19H18BrClN4O2. The van der Waals surface area contributed by atoms with Crippen LogP contribution in [0.25, 0.3) is 0 Å². The van der Waals surface area contributed by atoms with Crippen molar-refractivity contribution in [2.75, 3.05) is 23.7 Å². The van der Waals surface area contributed by atoms with E-state index in [4.69, 9.17) is 11.6 Å². The summed E-state index contributed by atoms with van der Waals surface area (Å²) in [5.41, 5.74) is 1.39. The summed E-state index contributed by atoms with van der Waals surface area (Å²) in [6, 6.07) is 12.7. The maximum Gasteiger partial charge on any atom is 0.321 e. The smallest absolute Gasteiger partial charge is 0.321 e. The van der Waals surface area contributed by atoms with Gasteiger partial charge in [-0.3, -0.25) is 4.79 Å². The number of fused-ring (bicyclic) bond motifs is 1. The minimum absolute atomic E-state index is 0.145. The highest BCUT2D eigenvalue weighted by Crippen LogP contribution is 2.34. The molecule has 3 amide bonds. The largest absolute Gasteiger partial charge is 0.362 e. The fourth-order valence-corrected chi connectivity index (χ4v) is 4.20. The number of hydrogen-bond donors (Lipinski definition) is 3. The Bertz CT molecular complexity index is 912. The average molecular weight is 450 g/mol. The fraction of sp³-hybridized carbons (Fsp3) is 0.263. The summed E-state index contributed by atoms with van der Waals surface area (Å²) in [5.74, 6) is -0.179. The van der Waals surface area contributed by atoms with E-state index in [-0.39, 0.29) is 11.9 Å². The second-order valence-electron chi connectivity index (χ2n) is 6.75. The van der Waals surface area contributed by atoms with Crippen LogP contribution in [0.3, 0.4) is 0 Å². The average Bonchev–Trinajstić information content (AvgIpc) is 2.62. The van der Waals surface area contributed by atoms with E-state index in [1.807, 2.05) is 36.4 Å². The zero-order valence-corrected chi connectivity index (χ0v) is 16.7. The van der Waals surface area contributed by atoms with Crippen LogP contribution in [0.4, 0.5) is 16.2 Å². The van der Waals surface area contributed by atoms with Crippen molar-refractivity contribution in [3.8, 4) is 0 Å². The van der Waals surface area contributed by atoms with Gasteiger partial charge in [0.15, 0.2) is 0 Å². The van der Waals surface area contributed by atoms with E-state index >= 15 is 0 Å². The van der Waals surface area contributed by atoms with Crippen LogP contribution in [-0.4, -0.2) is 35.6 Å². The summed E-state index contributed by atoms with van der Waals surface area (Å²) in [7, 11) is 0. The van der Waals surface area contributed by atoms with Crippen LogP contribution in [0.15, 0.2) is 46.9 Å². The molecule has 2 heterocycles. The molecule has 0 aromatic heterocycles. The first kappa shape index (κ1) is 18.1. The molecule has 0 aliphatic carbocycles. The van der Waals surface area contributed by atoms with Crippen LogP contribution >= 0.6 is 27.5 Å². The van der Waals surface area contributed by atoms with Crippen molar-refractivity contribution in [3.05, 3.63) is 57.5 Å². The summed E-state index contributed by atoms with van der Waals surface area (Å²) in [4.78, 5) is 26.8. The van der Waals surface area contributed by atoms with Crippen LogP contribution in [0.2, 0.25) is 5.02 Å². The van der Waals surface area contributed by atoms with Gasteiger partial charge in [0.2, 0.25) is 0 Å². The number of carbonyl (C=O) groups is 2. The molecule has 2 aromatic rings. The molecule has 27 heavy (non-hydrogen) atoms. The molecule has 140 valence electrons. The van der Waals surface area contributed by atoms with E-state index in [0.29, 0.717) is 36.5 Å². The van der Waals surface area contributed by atoms with Gasteiger partial charge in [-0.05, 0) is 30.3 Å². The van der Waals surface area contributed by atoms with Crippen molar-refractivity contribution in [3.63, 3.8) is 0 Å². The summed E-state index contributed by atoms with van der Waals surface area (Å²) >= 11 is 9.55. The summed E-state index contributed by atoms with van der Waals surface area (Å²) < 4.78 is 0.907. The molecular weight excluding hydrogens is 432 g/mol. The molecule has 1 saturated heterocycles. The van der Waals surface area contributed by atoms with Crippen molar-refractivity contribution in [2.24, 2.45) is 0 Å². The molecule has 0 unspecified atom stereocenters. The van der Waals surface area contributed by atoms with Crippen LogP contribution in [0, 0.1) is 0 Å². The molecule has 0 saturated carbocycles. The summed E-state index contributed by atoms with van der Waals surface area (Å²) in [6.07, 6.45) is 1.22. The molecule has 8 heteroatoms. The number of anilines is 2. The first-order valence-corrected chi connectivity index (χ1v) is 9.84. The second-order valence-corrected chi connectivity index (χ2v) is 8.07.